The molecule has 4 aromatic carbocycles. The summed E-state index contributed by atoms with van der Waals surface area (Å²) in [4.78, 5) is 11.2. The predicted octanol–water partition coefficient (Wildman–Crippen LogP) is 7.30. The molecule has 4 aromatic rings. The van der Waals surface area contributed by atoms with Gasteiger partial charge in [-0.15, -0.1) is 0 Å². The van der Waals surface area contributed by atoms with Gasteiger partial charge in [0.15, 0.2) is 0 Å². The highest BCUT2D eigenvalue weighted by atomic mass is 35.5. The first-order valence-electron chi connectivity index (χ1n) is 11.7. The van der Waals surface area contributed by atoms with Crippen molar-refractivity contribution in [2.75, 3.05) is 5.32 Å². The molecule has 0 bridgehead atoms. The molecule has 0 saturated carbocycles. The lowest BCUT2D eigenvalue weighted by atomic mass is 9.75. The van der Waals surface area contributed by atoms with Crippen molar-refractivity contribution in [3.05, 3.63) is 134 Å². The molecular formula is C29H23ClN2O3. The van der Waals surface area contributed by atoms with Crippen LogP contribution in [0, 0.1) is 16.0 Å². The number of hydrogen-bond donors (Lipinski definition) is 1. The molecule has 0 fully saturated rings. The summed E-state index contributed by atoms with van der Waals surface area (Å²) in [5.74, 6) is 1.16. The summed E-state index contributed by atoms with van der Waals surface area (Å²) in [6.45, 7) is 0.410. The first-order chi connectivity index (χ1) is 17.1. The number of nitrogens with one attached hydrogen (secondary N) is 1. The van der Waals surface area contributed by atoms with Crippen LogP contribution >= 0.6 is 11.6 Å². The topological polar surface area (TPSA) is 64.4 Å². The third kappa shape index (κ3) is 3.92. The number of nitro benzene ring substituents is 1. The van der Waals surface area contributed by atoms with Crippen molar-refractivity contribution in [2.45, 2.75) is 25.0 Å². The summed E-state index contributed by atoms with van der Waals surface area (Å²) < 4.78 is 5.98. The van der Waals surface area contributed by atoms with E-state index in [1.165, 1.54) is 16.7 Å². The average molecular weight is 483 g/mol. The molecule has 0 unspecified atom stereocenters. The van der Waals surface area contributed by atoms with Crippen LogP contribution in [0.1, 0.15) is 39.8 Å². The highest BCUT2D eigenvalue weighted by Gasteiger charge is 2.43. The first kappa shape index (κ1) is 21.7. The summed E-state index contributed by atoms with van der Waals surface area (Å²) in [5.41, 5.74) is 6.79. The molecular weight excluding hydrogens is 460 g/mol. The Bertz CT molecular complexity index is 1420. The number of nitro groups is 1. The SMILES string of the molecule is O=[N+]([O-])c1ccc2c(c1)[C@@H]1c3ccccc3C[C@@H]1[C@H](c1ccc(OCc3ccccc3Cl)cc1)N2. The van der Waals surface area contributed by atoms with Crippen molar-refractivity contribution < 1.29 is 9.66 Å². The van der Waals surface area contributed by atoms with Crippen LogP contribution < -0.4 is 10.1 Å². The van der Waals surface area contributed by atoms with Crippen LogP contribution in [0.2, 0.25) is 5.02 Å². The van der Waals surface area contributed by atoms with E-state index in [1.807, 2.05) is 42.5 Å². The van der Waals surface area contributed by atoms with Crippen LogP contribution in [-0.2, 0) is 13.0 Å². The van der Waals surface area contributed by atoms with Gasteiger partial charge < -0.3 is 10.1 Å². The number of fused-ring (bicyclic) bond motifs is 5. The van der Waals surface area contributed by atoms with Gasteiger partial charge in [0.25, 0.3) is 5.69 Å². The number of ether oxygens (including phenoxy) is 1. The van der Waals surface area contributed by atoms with Gasteiger partial charge in [-0.05, 0) is 58.9 Å². The maximum absolute atomic E-state index is 11.5. The molecule has 6 heteroatoms. The molecule has 2 aliphatic rings. The fraction of sp³-hybridized carbons (Fsp3) is 0.172. The Morgan fingerprint density at radius 1 is 0.943 bits per heavy atom. The molecule has 1 N–H and O–H groups in total. The summed E-state index contributed by atoms with van der Waals surface area (Å²) >= 11 is 6.25. The van der Waals surface area contributed by atoms with Crippen molar-refractivity contribution in [3.63, 3.8) is 0 Å². The Kier molecular flexibility index (Phi) is 5.42. The minimum Gasteiger partial charge on any atom is -0.489 e. The van der Waals surface area contributed by atoms with Gasteiger partial charge in [0, 0.05) is 34.3 Å². The van der Waals surface area contributed by atoms with E-state index < -0.39 is 0 Å². The standard InChI is InChI=1S/C29H23ClN2O3/c30-26-8-4-2-6-20(26)17-35-22-12-9-18(10-13-22)29-25-15-19-5-1-3-7-23(19)28(25)24-16-21(32(33)34)11-14-27(24)31-29/h1-14,16,25,28-29,31H,15,17H2/t25-,28-,29-/m0/s1. The van der Waals surface area contributed by atoms with Crippen LogP contribution in [0.5, 0.6) is 5.75 Å². The Balaban J connectivity index is 1.31. The fourth-order valence-electron chi connectivity index (χ4n) is 5.54. The molecule has 0 amide bonds. The van der Waals surface area contributed by atoms with Crippen LogP contribution in [0.3, 0.4) is 0 Å². The quantitative estimate of drug-likeness (QED) is 0.239. The normalized spacial score (nSPS) is 19.7. The van der Waals surface area contributed by atoms with Gasteiger partial charge in [0.05, 0.1) is 11.0 Å². The van der Waals surface area contributed by atoms with Crippen molar-refractivity contribution in [3.8, 4) is 5.75 Å². The van der Waals surface area contributed by atoms with E-state index in [1.54, 1.807) is 12.1 Å². The van der Waals surface area contributed by atoms with Gasteiger partial charge in [0.2, 0.25) is 0 Å². The van der Waals surface area contributed by atoms with Crippen LogP contribution in [0.4, 0.5) is 11.4 Å². The molecule has 3 atom stereocenters. The van der Waals surface area contributed by atoms with Gasteiger partial charge in [0.1, 0.15) is 12.4 Å². The molecule has 6 rings (SSSR count). The average Bonchev–Trinajstić information content (AvgIpc) is 3.28. The number of halogens is 1. The Morgan fingerprint density at radius 2 is 1.71 bits per heavy atom. The Hall–Kier alpha value is -3.83. The maximum Gasteiger partial charge on any atom is 0.269 e. The Labute approximate surface area is 208 Å². The molecule has 1 aliphatic carbocycles. The smallest absolute Gasteiger partial charge is 0.269 e. The van der Waals surface area contributed by atoms with Gasteiger partial charge >= 0.3 is 0 Å². The molecule has 0 aromatic heterocycles. The lowest BCUT2D eigenvalue weighted by Crippen LogP contribution is -2.30. The minimum absolute atomic E-state index is 0.0824. The van der Waals surface area contributed by atoms with E-state index >= 15 is 0 Å². The second-order valence-corrected chi connectivity index (χ2v) is 9.55. The molecule has 5 nitrogen and oxygen atoms in total. The van der Waals surface area contributed by atoms with Crippen LogP contribution in [0.25, 0.3) is 0 Å². The molecule has 0 radical (unpaired) electrons. The maximum atomic E-state index is 11.5. The van der Waals surface area contributed by atoms with Crippen molar-refractivity contribution in [2.24, 2.45) is 5.92 Å². The van der Waals surface area contributed by atoms with Crippen molar-refractivity contribution in [1.82, 2.24) is 0 Å². The van der Waals surface area contributed by atoms with Crippen LogP contribution in [-0.4, -0.2) is 4.92 Å². The number of rotatable bonds is 5. The van der Waals surface area contributed by atoms with Gasteiger partial charge in [-0.2, -0.15) is 0 Å². The summed E-state index contributed by atoms with van der Waals surface area (Å²) in [6, 6.07) is 29.6. The molecule has 1 heterocycles. The highest BCUT2D eigenvalue weighted by Crippen LogP contribution is 2.54. The van der Waals surface area contributed by atoms with Gasteiger partial charge in [-0.1, -0.05) is 66.2 Å². The monoisotopic (exact) mass is 482 g/mol. The van der Waals surface area contributed by atoms with Gasteiger partial charge in [-0.3, -0.25) is 10.1 Å². The third-order valence-corrected chi connectivity index (χ3v) is 7.55. The zero-order valence-electron chi connectivity index (χ0n) is 18.9. The Morgan fingerprint density at radius 3 is 2.51 bits per heavy atom. The fourth-order valence-corrected chi connectivity index (χ4v) is 5.73. The molecule has 0 saturated heterocycles. The second kappa shape index (κ2) is 8.75. The number of nitrogens with zero attached hydrogens (tertiary/aromatic N) is 1. The molecule has 174 valence electrons. The molecule has 0 spiro atoms. The lowest BCUT2D eigenvalue weighted by Gasteiger charge is -2.38. The van der Waals surface area contributed by atoms with Crippen LogP contribution in [0.15, 0.2) is 91.0 Å². The summed E-state index contributed by atoms with van der Waals surface area (Å²) in [6.07, 6.45) is 0.922. The number of benzene rings is 4. The van der Waals surface area contributed by atoms with Crippen molar-refractivity contribution in [1.29, 1.82) is 0 Å². The van der Waals surface area contributed by atoms with E-state index in [-0.39, 0.29) is 28.5 Å². The minimum atomic E-state index is -0.316. The number of non-ortho nitro benzene ring substituents is 1. The molecule has 1 aliphatic heterocycles. The highest BCUT2D eigenvalue weighted by molar-refractivity contribution is 6.31. The largest absolute Gasteiger partial charge is 0.489 e. The van der Waals surface area contributed by atoms with E-state index in [0.29, 0.717) is 11.6 Å². The lowest BCUT2D eigenvalue weighted by molar-refractivity contribution is -0.384. The van der Waals surface area contributed by atoms with Crippen molar-refractivity contribution >= 4 is 23.0 Å². The van der Waals surface area contributed by atoms with E-state index in [0.717, 1.165) is 29.0 Å². The summed E-state index contributed by atoms with van der Waals surface area (Å²) in [7, 11) is 0. The zero-order valence-corrected chi connectivity index (χ0v) is 19.6. The third-order valence-electron chi connectivity index (χ3n) is 7.19. The van der Waals surface area contributed by atoms with E-state index in [9.17, 15) is 10.1 Å². The zero-order chi connectivity index (χ0) is 23.9. The number of hydrogen-bond acceptors (Lipinski definition) is 4. The van der Waals surface area contributed by atoms with Gasteiger partial charge in [-0.25, -0.2) is 0 Å². The number of anilines is 1. The predicted molar refractivity (Wildman–Crippen MR) is 137 cm³/mol. The summed E-state index contributed by atoms with van der Waals surface area (Å²) in [5, 5.41) is 15.9. The van der Waals surface area contributed by atoms with E-state index in [4.69, 9.17) is 16.3 Å². The van der Waals surface area contributed by atoms with E-state index in [2.05, 4.69) is 41.7 Å². The first-order valence-corrected chi connectivity index (χ1v) is 12.0. The second-order valence-electron chi connectivity index (χ2n) is 9.14. The molecule has 35 heavy (non-hydrogen) atoms.